The summed E-state index contributed by atoms with van der Waals surface area (Å²) in [5.74, 6) is 0. The number of rotatable bonds is 3. The topological polar surface area (TPSA) is 83.9 Å². The molecule has 2 aromatic rings. The van der Waals surface area contributed by atoms with Crippen molar-refractivity contribution in [1.82, 2.24) is 9.97 Å². The summed E-state index contributed by atoms with van der Waals surface area (Å²) in [7, 11) is 0. The molecule has 2 heterocycles. The maximum absolute atomic E-state index is 11.3. The number of imidazole rings is 1. The fourth-order valence-corrected chi connectivity index (χ4v) is 2.73. The molecular formula is C13H17N3O2. The molecule has 1 aromatic carbocycles. The summed E-state index contributed by atoms with van der Waals surface area (Å²) >= 11 is 0. The molecule has 1 saturated heterocycles. The Morgan fingerprint density at radius 3 is 2.72 bits per heavy atom. The Labute approximate surface area is 104 Å². The van der Waals surface area contributed by atoms with Gasteiger partial charge in [0, 0.05) is 11.5 Å². The molecule has 1 unspecified atom stereocenters. The van der Waals surface area contributed by atoms with Gasteiger partial charge in [-0.25, -0.2) is 4.79 Å². The number of fused-ring (bicyclic) bond motifs is 1. The van der Waals surface area contributed by atoms with E-state index in [1.807, 2.05) is 19.1 Å². The first kappa shape index (κ1) is 11.5. The smallest absolute Gasteiger partial charge is 0.323 e. The third-order valence-corrected chi connectivity index (χ3v) is 3.60. The highest BCUT2D eigenvalue weighted by Gasteiger charge is 2.40. The van der Waals surface area contributed by atoms with Gasteiger partial charge < -0.3 is 20.4 Å². The lowest BCUT2D eigenvalue weighted by Crippen LogP contribution is -2.49. The zero-order valence-corrected chi connectivity index (χ0v) is 10.3. The van der Waals surface area contributed by atoms with Gasteiger partial charge in [-0.3, -0.25) is 0 Å². The van der Waals surface area contributed by atoms with E-state index in [1.165, 1.54) is 5.56 Å². The van der Waals surface area contributed by atoms with E-state index in [9.17, 15) is 4.79 Å². The van der Waals surface area contributed by atoms with Crippen molar-refractivity contribution in [1.29, 1.82) is 0 Å². The van der Waals surface area contributed by atoms with Crippen molar-refractivity contribution in [2.24, 2.45) is 5.73 Å². The summed E-state index contributed by atoms with van der Waals surface area (Å²) in [6, 6.07) is 6.15. The number of aromatic nitrogens is 2. The van der Waals surface area contributed by atoms with Crippen molar-refractivity contribution in [2.45, 2.75) is 24.8 Å². The Bertz CT molecular complexity index is 622. The second-order valence-corrected chi connectivity index (χ2v) is 5.29. The van der Waals surface area contributed by atoms with Crippen molar-refractivity contribution in [3.63, 3.8) is 0 Å². The standard InChI is InChI=1S/C13H17N3O2/c1-8(14)5-13(6-18-7-13)9-2-3-10-11(4-9)16-12(17)15-10/h2-4,8H,5-7,14H2,1H3,(H2,15,16,17). The van der Waals surface area contributed by atoms with Gasteiger partial charge in [-0.2, -0.15) is 0 Å². The van der Waals surface area contributed by atoms with Crippen molar-refractivity contribution >= 4 is 11.0 Å². The van der Waals surface area contributed by atoms with Crippen LogP contribution in [0.2, 0.25) is 0 Å². The number of nitrogens with two attached hydrogens (primary N) is 1. The molecule has 1 aliphatic rings. The minimum atomic E-state index is -0.173. The summed E-state index contributed by atoms with van der Waals surface area (Å²) in [4.78, 5) is 16.8. The number of H-pyrrole nitrogens is 2. The van der Waals surface area contributed by atoms with Crippen LogP contribution in [-0.2, 0) is 10.2 Å². The molecule has 0 spiro atoms. The van der Waals surface area contributed by atoms with Crippen LogP contribution in [0.3, 0.4) is 0 Å². The number of nitrogens with one attached hydrogen (secondary N) is 2. The Hall–Kier alpha value is -1.59. The maximum atomic E-state index is 11.3. The molecule has 0 amide bonds. The van der Waals surface area contributed by atoms with Crippen LogP contribution in [0.1, 0.15) is 18.9 Å². The van der Waals surface area contributed by atoms with E-state index in [-0.39, 0.29) is 17.1 Å². The molecule has 1 aromatic heterocycles. The third-order valence-electron chi connectivity index (χ3n) is 3.60. The van der Waals surface area contributed by atoms with Crippen molar-refractivity contribution in [3.05, 3.63) is 34.2 Å². The van der Waals surface area contributed by atoms with Gasteiger partial charge in [0.2, 0.25) is 0 Å². The molecule has 5 heteroatoms. The van der Waals surface area contributed by atoms with Crippen LogP contribution >= 0.6 is 0 Å². The number of ether oxygens (including phenoxy) is 1. The Morgan fingerprint density at radius 1 is 1.39 bits per heavy atom. The SMILES string of the molecule is CC(N)CC1(c2ccc3[nH]c(=O)[nH]c3c2)COC1. The summed E-state index contributed by atoms with van der Waals surface area (Å²) in [6.07, 6.45) is 0.896. The second-order valence-electron chi connectivity index (χ2n) is 5.29. The first-order valence-corrected chi connectivity index (χ1v) is 6.15. The Balaban J connectivity index is 2.04. The van der Waals surface area contributed by atoms with Crippen LogP contribution < -0.4 is 11.4 Å². The summed E-state index contributed by atoms with van der Waals surface area (Å²) in [6.45, 7) is 3.42. The lowest BCUT2D eigenvalue weighted by Gasteiger charge is -2.43. The highest BCUT2D eigenvalue weighted by molar-refractivity contribution is 5.75. The van der Waals surface area contributed by atoms with Crippen LogP contribution in [0.25, 0.3) is 11.0 Å². The first-order valence-electron chi connectivity index (χ1n) is 6.15. The van der Waals surface area contributed by atoms with Crippen LogP contribution in [0.15, 0.2) is 23.0 Å². The minimum absolute atomic E-state index is 0.0104. The van der Waals surface area contributed by atoms with E-state index in [0.29, 0.717) is 13.2 Å². The van der Waals surface area contributed by atoms with Gasteiger partial charge in [-0.1, -0.05) is 6.07 Å². The van der Waals surface area contributed by atoms with Crippen molar-refractivity contribution in [2.75, 3.05) is 13.2 Å². The fraction of sp³-hybridized carbons (Fsp3) is 0.462. The summed E-state index contributed by atoms with van der Waals surface area (Å²) < 4.78 is 5.38. The molecule has 0 bridgehead atoms. The molecule has 1 atom stereocenters. The van der Waals surface area contributed by atoms with Gasteiger partial charge in [0.05, 0.1) is 24.2 Å². The number of aromatic amines is 2. The maximum Gasteiger partial charge on any atom is 0.323 e. The van der Waals surface area contributed by atoms with E-state index in [1.54, 1.807) is 0 Å². The van der Waals surface area contributed by atoms with Gasteiger partial charge in [0.15, 0.2) is 0 Å². The predicted molar refractivity (Wildman–Crippen MR) is 69.7 cm³/mol. The van der Waals surface area contributed by atoms with Gasteiger partial charge in [-0.05, 0) is 31.0 Å². The quantitative estimate of drug-likeness (QED) is 0.752. The third kappa shape index (κ3) is 1.76. The van der Waals surface area contributed by atoms with Gasteiger partial charge in [-0.15, -0.1) is 0 Å². The van der Waals surface area contributed by atoms with E-state index in [0.717, 1.165) is 17.5 Å². The van der Waals surface area contributed by atoms with E-state index >= 15 is 0 Å². The van der Waals surface area contributed by atoms with E-state index < -0.39 is 0 Å². The Morgan fingerprint density at radius 2 is 2.11 bits per heavy atom. The molecule has 1 aliphatic heterocycles. The minimum Gasteiger partial charge on any atom is -0.379 e. The van der Waals surface area contributed by atoms with Crippen LogP contribution in [-0.4, -0.2) is 29.2 Å². The molecule has 4 N–H and O–H groups in total. The highest BCUT2D eigenvalue weighted by Crippen LogP contribution is 2.37. The molecule has 18 heavy (non-hydrogen) atoms. The average Bonchev–Trinajstić information content (AvgIpc) is 2.62. The largest absolute Gasteiger partial charge is 0.379 e. The number of hydrogen-bond acceptors (Lipinski definition) is 3. The fourth-order valence-electron chi connectivity index (χ4n) is 2.73. The van der Waals surface area contributed by atoms with E-state index in [4.69, 9.17) is 10.5 Å². The van der Waals surface area contributed by atoms with Gasteiger partial charge in [0.25, 0.3) is 0 Å². The molecule has 0 saturated carbocycles. The zero-order valence-electron chi connectivity index (χ0n) is 10.3. The second kappa shape index (κ2) is 3.96. The van der Waals surface area contributed by atoms with Crippen LogP contribution in [0, 0.1) is 0 Å². The normalized spacial score (nSPS) is 19.7. The van der Waals surface area contributed by atoms with Crippen LogP contribution in [0.4, 0.5) is 0 Å². The predicted octanol–water partition coefficient (Wildman–Crippen LogP) is 0.862. The van der Waals surface area contributed by atoms with Gasteiger partial charge in [0.1, 0.15) is 0 Å². The molecule has 1 fully saturated rings. The molecule has 3 rings (SSSR count). The average molecular weight is 247 g/mol. The first-order chi connectivity index (χ1) is 8.59. The molecule has 96 valence electrons. The van der Waals surface area contributed by atoms with E-state index in [2.05, 4.69) is 16.0 Å². The monoisotopic (exact) mass is 247 g/mol. The summed E-state index contributed by atoms with van der Waals surface area (Å²) in [5, 5.41) is 0. The molecular weight excluding hydrogens is 230 g/mol. The van der Waals surface area contributed by atoms with Gasteiger partial charge >= 0.3 is 5.69 Å². The van der Waals surface area contributed by atoms with Crippen molar-refractivity contribution < 1.29 is 4.74 Å². The van der Waals surface area contributed by atoms with Crippen LogP contribution in [0.5, 0.6) is 0 Å². The summed E-state index contributed by atoms with van der Waals surface area (Å²) in [5.41, 5.74) is 8.62. The lowest BCUT2D eigenvalue weighted by atomic mass is 9.74. The number of hydrogen-bond donors (Lipinski definition) is 3. The molecule has 0 aliphatic carbocycles. The highest BCUT2D eigenvalue weighted by atomic mass is 16.5. The Kier molecular flexibility index (Phi) is 2.53. The lowest BCUT2D eigenvalue weighted by molar-refractivity contribution is -0.0664. The number of benzene rings is 1. The molecule has 0 radical (unpaired) electrons. The zero-order chi connectivity index (χ0) is 12.8. The van der Waals surface area contributed by atoms with Crippen molar-refractivity contribution in [3.8, 4) is 0 Å². The molecule has 5 nitrogen and oxygen atoms in total.